The summed E-state index contributed by atoms with van der Waals surface area (Å²) in [5.74, 6) is -0.552. The van der Waals surface area contributed by atoms with Gasteiger partial charge in [-0.2, -0.15) is 0 Å². The van der Waals surface area contributed by atoms with E-state index in [9.17, 15) is 4.79 Å². The number of rotatable bonds is 7. The van der Waals surface area contributed by atoms with Gasteiger partial charge in [0, 0.05) is 25.9 Å². The molecule has 0 atom stereocenters. The van der Waals surface area contributed by atoms with E-state index < -0.39 is 5.91 Å². The summed E-state index contributed by atoms with van der Waals surface area (Å²) >= 11 is 6.04. The van der Waals surface area contributed by atoms with Crippen molar-refractivity contribution in [3.8, 4) is 0 Å². The van der Waals surface area contributed by atoms with E-state index in [-0.39, 0.29) is 0 Å². The lowest BCUT2D eigenvalue weighted by atomic mass is 10.1. The van der Waals surface area contributed by atoms with Gasteiger partial charge in [-0.15, -0.1) is 0 Å². The predicted octanol–water partition coefficient (Wildman–Crippen LogP) is 1.86. The number of hydrogen-bond acceptors (Lipinski definition) is 4. The number of hydrogen-bond donors (Lipinski definition) is 3. The van der Waals surface area contributed by atoms with Gasteiger partial charge in [-0.1, -0.05) is 11.6 Å². The molecule has 0 saturated carbocycles. The molecule has 1 aromatic carbocycles. The summed E-state index contributed by atoms with van der Waals surface area (Å²) in [6.07, 6.45) is 1.84. The van der Waals surface area contributed by atoms with Crippen LogP contribution in [0.15, 0.2) is 12.1 Å². The van der Waals surface area contributed by atoms with Crippen molar-refractivity contribution >= 4 is 28.9 Å². The highest BCUT2D eigenvalue weighted by molar-refractivity contribution is 6.34. The molecule has 0 spiro atoms. The van der Waals surface area contributed by atoms with Crippen molar-refractivity contribution in [2.75, 3.05) is 31.3 Å². The number of nitrogens with two attached hydrogens (primary N) is 2. The molecule has 1 rings (SSSR count). The van der Waals surface area contributed by atoms with E-state index in [2.05, 4.69) is 5.32 Å². The van der Waals surface area contributed by atoms with E-state index in [0.717, 1.165) is 12.8 Å². The molecule has 1 amide bonds. The molecule has 0 heterocycles. The summed E-state index contributed by atoms with van der Waals surface area (Å²) < 4.78 is 4.95. The minimum atomic E-state index is -0.552. The molecule has 0 aliphatic carbocycles. The fraction of sp³-hybridized carbons (Fsp3) is 0.417. The van der Waals surface area contributed by atoms with Crippen LogP contribution in [0.5, 0.6) is 0 Å². The molecule has 18 heavy (non-hydrogen) atoms. The standard InChI is InChI=1S/C12H18ClN3O2/c1-18-5-3-2-4-16-11-9(12(15)17)6-8(14)7-10(11)13/h6-7,16H,2-5,14H2,1H3,(H2,15,17). The Labute approximate surface area is 111 Å². The van der Waals surface area contributed by atoms with Gasteiger partial charge in [-0.05, 0) is 25.0 Å². The van der Waals surface area contributed by atoms with Crippen LogP contribution in [-0.4, -0.2) is 26.2 Å². The Kier molecular flexibility index (Phi) is 5.74. The van der Waals surface area contributed by atoms with Crippen LogP contribution < -0.4 is 16.8 Å². The van der Waals surface area contributed by atoms with Crippen molar-refractivity contribution in [1.29, 1.82) is 0 Å². The lowest BCUT2D eigenvalue weighted by Crippen LogP contribution is -2.16. The van der Waals surface area contributed by atoms with Crippen LogP contribution in [-0.2, 0) is 4.74 Å². The van der Waals surface area contributed by atoms with Crippen LogP contribution in [0.25, 0.3) is 0 Å². The Morgan fingerprint density at radius 3 is 2.78 bits per heavy atom. The van der Waals surface area contributed by atoms with Gasteiger partial charge in [0.15, 0.2) is 0 Å². The predicted molar refractivity (Wildman–Crippen MR) is 74.0 cm³/mol. The van der Waals surface area contributed by atoms with Gasteiger partial charge in [-0.25, -0.2) is 0 Å². The molecule has 0 unspecified atom stereocenters. The van der Waals surface area contributed by atoms with Crippen molar-refractivity contribution < 1.29 is 9.53 Å². The number of carbonyl (C=O) groups excluding carboxylic acids is 1. The minimum absolute atomic E-state index is 0.312. The van der Waals surface area contributed by atoms with Crippen LogP contribution in [0.1, 0.15) is 23.2 Å². The average molecular weight is 272 g/mol. The zero-order valence-corrected chi connectivity index (χ0v) is 11.1. The quantitative estimate of drug-likeness (QED) is 0.521. The van der Waals surface area contributed by atoms with Gasteiger partial charge in [0.05, 0.1) is 16.3 Å². The van der Waals surface area contributed by atoms with Crippen molar-refractivity contribution in [3.05, 3.63) is 22.7 Å². The maximum atomic E-state index is 11.3. The normalized spacial score (nSPS) is 10.3. The number of benzene rings is 1. The third-order valence-corrected chi connectivity index (χ3v) is 2.75. The first-order valence-electron chi connectivity index (χ1n) is 5.68. The molecule has 0 bridgehead atoms. The topological polar surface area (TPSA) is 90.4 Å². The second kappa shape index (κ2) is 7.08. The van der Waals surface area contributed by atoms with Gasteiger partial charge in [-0.3, -0.25) is 4.79 Å². The molecule has 6 heteroatoms. The average Bonchev–Trinajstić information content (AvgIpc) is 2.30. The summed E-state index contributed by atoms with van der Waals surface area (Å²) in [6, 6.07) is 3.11. The number of unbranched alkanes of at least 4 members (excludes halogenated alkanes) is 1. The third-order valence-electron chi connectivity index (χ3n) is 2.46. The summed E-state index contributed by atoms with van der Waals surface area (Å²) in [6.45, 7) is 1.40. The van der Waals surface area contributed by atoms with Crippen LogP contribution in [0.2, 0.25) is 5.02 Å². The SMILES string of the molecule is COCCCCNc1c(Cl)cc(N)cc1C(N)=O. The minimum Gasteiger partial charge on any atom is -0.399 e. The Morgan fingerprint density at radius 2 is 2.17 bits per heavy atom. The van der Waals surface area contributed by atoms with Gasteiger partial charge in [0.1, 0.15) is 0 Å². The van der Waals surface area contributed by atoms with E-state index >= 15 is 0 Å². The summed E-state index contributed by atoms with van der Waals surface area (Å²) in [5, 5.41) is 3.50. The van der Waals surface area contributed by atoms with Gasteiger partial charge < -0.3 is 21.5 Å². The van der Waals surface area contributed by atoms with E-state index in [1.807, 2.05) is 0 Å². The molecular formula is C12H18ClN3O2. The van der Waals surface area contributed by atoms with Crippen LogP contribution in [0.3, 0.4) is 0 Å². The van der Waals surface area contributed by atoms with Crippen molar-refractivity contribution in [3.63, 3.8) is 0 Å². The third kappa shape index (κ3) is 4.09. The molecular weight excluding hydrogens is 254 g/mol. The fourth-order valence-corrected chi connectivity index (χ4v) is 1.88. The molecule has 100 valence electrons. The highest BCUT2D eigenvalue weighted by Gasteiger charge is 2.12. The molecule has 0 aromatic heterocycles. The van der Waals surface area contributed by atoms with E-state index in [1.54, 1.807) is 13.2 Å². The maximum Gasteiger partial charge on any atom is 0.250 e. The fourth-order valence-electron chi connectivity index (χ4n) is 1.59. The number of ether oxygens (including phenoxy) is 1. The first kappa shape index (κ1) is 14.6. The Hall–Kier alpha value is -1.46. The molecule has 0 saturated heterocycles. The van der Waals surface area contributed by atoms with Crippen molar-refractivity contribution in [2.24, 2.45) is 5.73 Å². The monoisotopic (exact) mass is 271 g/mol. The van der Waals surface area contributed by atoms with Crippen molar-refractivity contribution in [2.45, 2.75) is 12.8 Å². The first-order chi connectivity index (χ1) is 8.56. The highest BCUT2D eigenvalue weighted by Crippen LogP contribution is 2.28. The number of halogens is 1. The number of methoxy groups -OCH3 is 1. The summed E-state index contributed by atoms with van der Waals surface area (Å²) in [4.78, 5) is 11.3. The summed E-state index contributed by atoms with van der Waals surface area (Å²) in [7, 11) is 1.66. The second-order valence-electron chi connectivity index (χ2n) is 3.92. The van der Waals surface area contributed by atoms with E-state index in [1.165, 1.54) is 6.07 Å². The number of amides is 1. The second-order valence-corrected chi connectivity index (χ2v) is 4.32. The van der Waals surface area contributed by atoms with E-state index in [0.29, 0.717) is 35.1 Å². The Morgan fingerprint density at radius 1 is 1.44 bits per heavy atom. The molecule has 0 fully saturated rings. The molecule has 0 radical (unpaired) electrons. The smallest absolute Gasteiger partial charge is 0.250 e. The van der Waals surface area contributed by atoms with Gasteiger partial charge in [0.2, 0.25) is 0 Å². The largest absolute Gasteiger partial charge is 0.399 e. The number of anilines is 2. The van der Waals surface area contributed by atoms with Crippen LogP contribution in [0, 0.1) is 0 Å². The first-order valence-corrected chi connectivity index (χ1v) is 6.05. The van der Waals surface area contributed by atoms with Gasteiger partial charge in [0.25, 0.3) is 5.91 Å². The van der Waals surface area contributed by atoms with Gasteiger partial charge >= 0.3 is 0 Å². The summed E-state index contributed by atoms with van der Waals surface area (Å²) in [5.41, 5.74) is 12.2. The van der Waals surface area contributed by atoms with Crippen molar-refractivity contribution in [1.82, 2.24) is 0 Å². The molecule has 0 aliphatic heterocycles. The maximum absolute atomic E-state index is 11.3. The Bertz CT molecular complexity index is 424. The zero-order chi connectivity index (χ0) is 13.5. The highest BCUT2D eigenvalue weighted by atomic mass is 35.5. The number of nitrogens with one attached hydrogen (secondary N) is 1. The number of nitrogen functional groups attached to an aromatic ring is 1. The lowest BCUT2D eigenvalue weighted by molar-refractivity contribution is 0.100. The Balaban J connectivity index is 2.71. The molecule has 1 aromatic rings. The van der Waals surface area contributed by atoms with Crippen LogP contribution in [0.4, 0.5) is 11.4 Å². The zero-order valence-electron chi connectivity index (χ0n) is 10.3. The van der Waals surface area contributed by atoms with E-state index in [4.69, 9.17) is 27.8 Å². The molecule has 5 nitrogen and oxygen atoms in total. The lowest BCUT2D eigenvalue weighted by Gasteiger charge is -2.12. The molecule has 0 aliphatic rings. The number of primary amides is 1. The number of carbonyl (C=O) groups is 1. The molecule has 5 N–H and O–H groups in total. The van der Waals surface area contributed by atoms with Crippen LogP contribution >= 0.6 is 11.6 Å².